The molecule has 1 aliphatic carbocycles. The van der Waals surface area contributed by atoms with Gasteiger partial charge in [0.15, 0.2) is 0 Å². The fraction of sp³-hybridized carbons (Fsp3) is 0.385. The molecule has 5 heteroatoms. The summed E-state index contributed by atoms with van der Waals surface area (Å²) in [6.45, 7) is 1.82. The molecular weight excluding hydrogens is 237 g/mol. The number of carbonyl (C=O) groups excluding carboxylic acids is 2. The van der Waals surface area contributed by atoms with E-state index < -0.39 is 17.3 Å². The average molecular weight is 251 g/mol. The van der Waals surface area contributed by atoms with Crippen molar-refractivity contribution in [2.24, 2.45) is 11.3 Å². The summed E-state index contributed by atoms with van der Waals surface area (Å²) >= 11 is 0. The van der Waals surface area contributed by atoms with Gasteiger partial charge >= 0.3 is 5.97 Å². The Balaban J connectivity index is 2.12. The number of halogens is 1. The van der Waals surface area contributed by atoms with Gasteiger partial charge in [0.05, 0.1) is 7.11 Å². The molecule has 0 unspecified atom stereocenters. The van der Waals surface area contributed by atoms with Crippen molar-refractivity contribution in [3.05, 3.63) is 30.1 Å². The van der Waals surface area contributed by atoms with Crippen molar-refractivity contribution < 1.29 is 18.7 Å². The molecule has 1 aromatic carbocycles. The smallest absolute Gasteiger partial charge is 0.321 e. The number of benzene rings is 1. The molecule has 2 rings (SSSR count). The van der Waals surface area contributed by atoms with Crippen molar-refractivity contribution in [3.8, 4) is 0 Å². The largest absolute Gasteiger partial charge is 0.468 e. The minimum Gasteiger partial charge on any atom is -0.468 e. The lowest BCUT2D eigenvalue weighted by Crippen LogP contribution is -2.34. The third-order valence-electron chi connectivity index (χ3n) is 3.37. The molecule has 4 nitrogen and oxygen atoms in total. The highest BCUT2D eigenvalue weighted by Crippen LogP contribution is 2.53. The molecule has 0 radical (unpaired) electrons. The van der Waals surface area contributed by atoms with E-state index in [1.54, 1.807) is 0 Å². The molecule has 0 heterocycles. The third kappa shape index (κ3) is 1.96. The number of ether oxygens (including phenoxy) is 1. The van der Waals surface area contributed by atoms with E-state index in [1.165, 1.54) is 31.4 Å². The van der Waals surface area contributed by atoms with E-state index in [-0.39, 0.29) is 11.7 Å². The van der Waals surface area contributed by atoms with E-state index in [2.05, 4.69) is 10.1 Å². The molecule has 0 saturated heterocycles. The van der Waals surface area contributed by atoms with Crippen LogP contribution >= 0.6 is 0 Å². The molecule has 0 spiro atoms. The quantitative estimate of drug-likeness (QED) is 0.660. The van der Waals surface area contributed by atoms with Gasteiger partial charge < -0.3 is 10.1 Å². The summed E-state index contributed by atoms with van der Waals surface area (Å²) in [6, 6.07) is 5.39. The van der Waals surface area contributed by atoms with Gasteiger partial charge in [-0.25, -0.2) is 4.39 Å². The number of carbonyl (C=O) groups is 2. The molecule has 1 N–H and O–H groups in total. The summed E-state index contributed by atoms with van der Waals surface area (Å²) in [6.07, 6.45) is 0.479. The van der Waals surface area contributed by atoms with Gasteiger partial charge in [0.25, 0.3) is 0 Å². The summed E-state index contributed by atoms with van der Waals surface area (Å²) in [7, 11) is 1.26. The average Bonchev–Trinajstić information content (AvgIpc) is 3.04. The Labute approximate surface area is 104 Å². The molecule has 1 aliphatic rings. The fourth-order valence-electron chi connectivity index (χ4n) is 2.08. The third-order valence-corrected chi connectivity index (χ3v) is 3.37. The Morgan fingerprint density at radius 3 is 2.39 bits per heavy atom. The van der Waals surface area contributed by atoms with E-state index in [0.717, 1.165) is 0 Å². The zero-order valence-electron chi connectivity index (χ0n) is 10.2. The molecule has 0 bridgehead atoms. The van der Waals surface area contributed by atoms with E-state index in [9.17, 15) is 14.0 Å². The van der Waals surface area contributed by atoms with Crippen LogP contribution in [0.25, 0.3) is 0 Å². The van der Waals surface area contributed by atoms with Crippen molar-refractivity contribution in [1.82, 2.24) is 0 Å². The predicted molar refractivity (Wildman–Crippen MR) is 63.3 cm³/mol. The standard InChI is InChI=1S/C13H14FNO3/c1-8-7-13(8,12(17)18-2)11(16)15-10-5-3-9(14)4-6-10/h3-6,8H,7H2,1-2H3,(H,15,16)/t8-,13+/m1/s1. The first-order chi connectivity index (χ1) is 8.50. The van der Waals surface area contributed by atoms with Gasteiger partial charge in [0.1, 0.15) is 11.2 Å². The summed E-state index contributed by atoms with van der Waals surface area (Å²) in [4.78, 5) is 23.7. The molecule has 2 atom stereocenters. The normalized spacial score (nSPS) is 25.4. The fourth-order valence-corrected chi connectivity index (χ4v) is 2.08. The molecule has 18 heavy (non-hydrogen) atoms. The lowest BCUT2D eigenvalue weighted by molar-refractivity contribution is -0.151. The van der Waals surface area contributed by atoms with Crippen LogP contribution in [0, 0.1) is 17.2 Å². The van der Waals surface area contributed by atoms with Crippen LogP contribution in [0.4, 0.5) is 10.1 Å². The number of hydrogen-bond donors (Lipinski definition) is 1. The molecular formula is C13H14FNO3. The van der Waals surface area contributed by atoms with Crippen LogP contribution in [0.3, 0.4) is 0 Å². The number of hydrogen-bond acceptors (Lipinski definition) is 3. The molecule has 96 valence electrons. The molecule has 1 amide bonds. The minimum absolute atomic E-state index is 0.0367. The highest BCUT2D eigenvalue weighted by Gasteiger charge is 2.64. The number of anilines is 1. The maximum Gasteiger partial charge on any atom is 0.321 e. The summed E-state index contributed by atoms with van der Waals surface area (Å²) < 4.78 is 17.4. The Bertz CT molecular complexity index is 486. The first-order valence-corrected chi connectivity index (χ1v) is 5.66. The zero-order chi connectivity index (χ0) is 13.3. The maximum absolute atomic E-state index is 12.7. The van der Waals surface area contributed by atoms with E-state index in [1.807, 2.05) is 6.92 Å². The van der Waals surface area contributed by atoms with Gasteiger partial charge in [0.2, 0.25) is 5.91 Å². The molecule has 1 fully saturated rings. The summed E-state index contributed by atoms with van der Waals surface area (Å²) in [5.74, 6) is -1.33. The van der Waals surface area contributed by atoms with Crippen LogP contribution in [-0.2, 0) is 14.3 Å². The molecule has 1 aromatic rings. The van der Waals surface area contributed by atoms with E-state index in [0.29, 0.717) is 12.1 Å². The van der Waals surface area contributed by atoms with Gasteiger partial charge in [-0.2, -0.15) is 0 Å². The predicted octanol–water partition coefficient (Wildman–Crippen LogP) is 1.96. The summed E-state index contributed by atoms with van der Waals surface area (Å²) in [5.41, 5.74) is -0.618. The van der Waals surface area contributed by atoms with Crippen LogP contribution in [-0.4, -0.2) is 19.0 Å². The molecule has 1 saturated carbocycles. The zero-order valence-corrected chi connectivity index (χ0v) is 10.2. The van der Waals surface area contributed by atoms with Gasteiger partial charge in [-0.3, -0.25) is 9.59 Å². The van der Waals surface area contributed by atoms with Crippen molar-refractivity contribution >= 4 is 17.6 Å². The first-order valence-electron chi connectivity index (χ1n) is 5.66. The van der Waals surface area contributed by atoms with E-state index >= 15 is 0 Å². The van der Waals surface area contributed by atoms with Crippen LogP contribution in [0.5, 0.6) is 0 Å². The Morgan fingerprint density at radius 1 is 1.39 bits per heavy atom. The van der Waals surface area contributed by atoms with Crippen molar-refractivity contribution in [2.45, 2.75) is 13.3 Å². The molecule has 0 aliphatic heterocycles. The number of methoxy groups -OCH3 is 1. The van der Waals surface area contributed by atoms with Gasteiger partial charge in [-0.1, -0.05) is 6.92 Å². The monoisotopic (exact) mass is 251 g/mol. The van der Waals surface area contributed by atoms with Crippen LogP contribution in [0.2, 0.25) is 0 Å². The number of esters is 1. The van der Waals surface area contributed by atoms with Crippen LogP contribution in [0.1, 0.15) is 13.3 Å². The number of rotatable bonds is 3. The molecule has 0 aromatic heterocycles. The number of amides is 1. The lowest BCUT2D eigenvalue weighted by Gasteiger charge is -2.14. The van der Waals surface area contributed by atoms with Crippen molar-refractivity contribution in [3.63, 3.8) is 0 Å². The SMILES string of the molecule is COC(=O)[C@@]1(C(=O)Nc2ccc(F)cc2)C[C@H]1C. The van der Waals surface area contributed by atoms with Crippen molar-refractivity contribution in [2.75, 3.05) is 12.4 Å². The topological polar surface area (TPSA) is 55.4 Å². The second-order valence-corrected chi connectivity index (χ2v) is 4.53. The lowest BCUT2D eigenvalue weighted by atomic mass is 10.0. The van der Waals surface area contributed by atoms with Gasteiger partial charge in [-0.15, -0.1) is 0 Å². The summed E-state index contributed by atoms with van der Waals surface area (Å²) in [5, 5.41) is 2.61. The first kappa shape index (κ1) is 12.5. The Morgan fingerprint density at radius 2 is 1.94 bits per heavy atom. The second kappa shape index (κ2) is 4.40. The van der Waals surface area contributed by atoms with Crippen molar-refractivity contribution in [1.29, 1.82) is 0 Å². The highest BCUT2D eigenvalue weighted by atomic mass is 19.1. The van der Waals surface area contributed by atoms with E-state index in [4.69, 9.17) is 0 Å². The van der Waals surface area contributed by atoms with Crippen LogP contribution in [0.15, 0.2) is 24.3 Å². The highest BCUT2D eigenvalue weighted by molar-refractivity contribution is 6.11. The second-order valence-electron chi connectivity index (χ2n) is 4.53. The minimum atomic E-state index is -1.08. The Kier molecular flexibility index (Phi) is 3.07. The maximum atomic E-state index is 12.7. The number of nitrogens with one attached hydrogen (secondary N) is 1. The Hall–Kier alpha value is -1.91. The van der Waals surface area contributed by atoms with Crippen LogP contribution < -0.4 is 5.32 Å². The van der Waals surface area contributed by atoms with Gasteiger partial charge in [0, 0.05) is 5.69 Å². The van der Waals surface area contributed by atoms with Gasteiger partial charge in [-0.05, 0) is 36.6 Å².